The Morgan fingerprint density at radius 1 is 1.28 bits per heavy atom. The highest BCUT2D eigenvalue weighted by atomic mass is 79.9. The molecule has 0 atom stereocenters. The lowest BCUT2D eigenvalue weighted by molar-refractivity contribution is -0.385. The van der Waals surface area contributed by atoms with Crippen molar-refractivity contribution in [2.75, 3.05) is 6.54 Å². The van der Waals surface area contributed by atoms with Crippen LogP contribution in [0.2, 0.25) is 0 Å². The van der Waals surface area contributed by atoms with E-state index < -0.39 is 4.92 Å². The van der Waals surface area contributed by atoms with E-state index >= 15 is 0 Å². The lowest BCUT2D eigenvalue weighted by Gasteiger charge is -2.07. The molecule has 128 valence electrons. The average Bonchev–Trinajstić information content (AvgIpc) is 3.02. The van der Waals surface area contributed by atoms with Gasteiger partial charge >= 0.3 is 0 Å². The zero-order valence-electron chi connectivity index (χ0n) is 13.2. The number of para-hydroxylation sites is 2. The number of hydrogen-bond acceptors (Lipinski definition) is 4. The zero-order valence-corrected chi connectivity index (χ0v) is 14.8. The molecule has 3 aromatic rings. The number of aromatic nitrogens is 2. The maximum Gasteiger partial charge on any atom is 0.284 e. The molecule has 0 radical (unpaired) electrons. The van der Waals surface area contributed by atoms with E-state index in [9.17, 15) is 14.9 Å². The van der Waals surface area contributed by atoms with Crippen molar-refractivity contribution in [1.29, 1.82) is 0 Å². The summed E-state index contributed by atoms with van der Waals surface area (Å²) >= 11 is 3.10. The first-order valence-corrected chi connectivity index (χ1v) is 8.47. The Morgan fingerprint density at radius 2 is 2.08 bits per heavy atom. The van der Waals surface area contributed by atoms with Gasteiger partial charge in [-0.1, -0.05) is 12.1 Å². The quantitative estimate of drug-likeness (QED) is 0.387. The Hall–Kier alpha value is -2.74. The van der Waals surface area contributed by atoms with Crippen molar-refractivity contribution in [2.24, 2.45) is 0 Å². The third-order valence-corrected chi connectivity index (χ3v) is 4.46. The monoisotopic (exact) mass is 402 g/mol. The number of nitro groups is 1. The lowest BCUT2D eigenvalue weighted by atomic mass is 10.2. The maximum absolute atomic E-state index is 12.1. The molecule has 0 unspecified atom stereocenters. The summed E-state index contributed by atoms with van der Waals surface area (Å²) in [6, 6.07) is 12.2. The Labute approximate surface area is 152 Å². The summed E-state index contributed by atoms with van der Waals surface area (Å²) in [7, 11) is 0. The van der Waals surface area contributed by atoms with Gasteiger partial charge in [-0.25, -0.2) is 4.98 Å². The van der Waals surface area contributed by atoms with E-state index in [-0.39, 0.29) is 17.2 Å². The molecular weight excluding hydrogens is 388 g/mol. The smallest absolute Gasteiger partial charge is 0.284 e. The van der Waals surface area contributed by atoms with E-state index in [4.69, 9.17) is 0 Å². The minimum absolute atomic E-state index is 0.127. The summed E-state index contributed by atoms with van der Waals surface area (Å²) in [4.78, 5) is 26.9. The van der Waals surface area contributed by atoms with Gasteiger partial charge in [0.05, 0.1) is 26.8 Å². The predicted molar refractivity (Wildman–Crippen MR) is 97.5 cm³/mol. The maximum atomic E-state index is 12.1. The minimum atomic E-state index is -0.523. The summed E-state index contributed by atoms with van der Waals surface area (Å²) in [5, 5.41) is 13.7. The molecule has 2 aromatic carbocycles. The molecule has 0 aliphatic rings. The third kappa shape index (κ3) is 3.85. The van der Waals surface area contributed by atoms with Gasteiger partial charge in [-0.05, 0) is 46.6 Å². The largest absolute Gasteiger partial charge is 0.352 e. The van der Waals surface area contributed by atoms with Gasteiger partial charge < -0.3 is 9.88 Å². The second-order valence-corrected chi connectivity index (χ2v) is 6.31. The topological polar surface area (TPSA) is 90.1 Å². The molecule has 0 aliphatic heterocycles. The first-order valence-electron chi connectivity index (χ1n) is 7.68. The van der Waals surface area contributed by atoms with Crippen LogP contribution in [-0.4, -0.2) is 26.9 Å². The molecule has 7 nitrogen and oxygen atoms in total. The second kappa shape index (κ2) is 7.43. The van der Waals surface area contributed by atoms with Gasteiger partial charge in [-0.15, -0.1) is 0 Å². The van der Waals surface area contributed by atoms with Gasteiger partial charge in [-0.2, -0.15) is 0 Å². The van der Waals surface area contributed by atoms with Crippen molar-refractivity contribution < 1.29 is 9.72 Å². The molecule has 0 spiro atoms. The van der Waals surface area contributed by atoms with Crippen LogP contribution >= 0.6 is 15.9 Å². The summed E-state index contributed by atoms with van der Waals surface area (Å²) in [6.07, 6.45) is 2.51. The first kappa shape index (κ1) is 17.1. The Balaban J connectivity index is 1.56. The normalized spacial score (nSPS) is 10.8. The van der Waals surface area contributed by atoms with Crippen LogP contribution < -0.4 is 5.32 Å². The molecule has 0 aliphatic carbocycles. The summed E-state index contributed by atoms with van der Waals surface area (Å²) in [6.45, 7) is 1.19. The average molecular weight is 403 g/mol. The van der Waals surface area contributed by atoms with Crippen molar-refractivity contribution in [3.05, 3.63) is 68.9 Å². The van der Waals surface area contributed by atoms with Crippen molar-refractivity contribution >= 4 is 38.6 Å². The van der Waals surface area contributed by atoms with Gasteiger partial charge in [0.25, 0.3) is 11.6 Å². The second-order valence-electron chi connectivity index (χ2n) is 5.46. The number of carbonyl (C=O) groups is 1. The molecule has 3 rings (SSSR count). The number of imidazole rings is 1. The van der Waals surface area contributed by atoms with Crippen LogP contribution in [0.1, 0.15) is 16.8 Å². The SMILES string of the molecule is O=C(NCCCn1cnc2ccccc21)c1ccc(Br)c([N+](=O)[O-])c1. The number of benzene rings is 2. The molecule has 25 heavy (non-hydrogen) atoms. The highest BCUT2D eigenvalue weighted by molar-refractivity contribution is 9.10. The van der Waals surface area contributed by atoms with Crippen LogP contribution in [0.5, 0.6) is 0 Å². The molecule has 0 saturated carbocycles. The zero-order chi connectivity index (χ0) is 17.8. The van der Waals surface area contributed by atoms with E-state index in [0.717, 1.165) is 24.0 Å². The van der Waals surface area contributed by atoms with E-state index in [1.54, 1.807) is 12.4 Å². The van der Waals surface area contributed by atoms with Crippen molar-refractivity contribution in [2.45, 2.75) is 13.0 Å². The molecule has 1 aromatic heterocycles. The van der Waals surface area contributed by atoms with Crippen LogP contribution in [0.3, 0.4) is 0 Å². The van der Waals surface area contributed by atoms with E-state index in [2.05, 4.69) is 26.2 Å². The fourth-order valence-electron chi connectivity index (χ4n) is 2.54. The Bertz CT molecular complexity index is 939. The number of hydrogen-bond donors (Lipinski definition) is 1. The number of nitrogens with one attached hydrogen (secondary N) is 1. The van der Waals surface area contributed by atoms with E-state index in [1.165, 1.54) is 12.1 Å². The van der Waals surface area contributed by atoms with Crippen LogP contribution in [0.25, 0.3) is 11.0 Å². The fourth-order valence-corrected chi connectivity index (χ4v) is 2.93. The standard InChI is InChI=1S/C17H15BrN4O3/c18-13-7-6-12(10-16(13)22(24)25)17(23)19-8-3-9-21-11-20-14-4-1-2-5-15(14)21/h1-2,4-7,10-11H,3,8-9H2,(H,19,23). The Kier molecular flexibility index (Phi) is 5.08. The van der Waals surface area contributed by atoms with Gasteiger partial charge in [0, 0.05) is 24.7 Å². The number of nitrogens with zero attached hydrogens (tertiary/aromatic N) is 3. The lowest BCUT2D eigenvalue weighted by Crippen LogP contribution is -2.25. The van der Waals surface area contributed by atoms with Crippen molar-refractivity contribution in [3.8, 4) is 0 Å². The molecule has 0 saturated heterocycles. The number of rotatable bonds is 6. The Morgan fingerprint density at radius 3 is 2.88 bits per heavy atom. The fraction of sp³-hybridized carbons (Fsp3) is 0.176. The van der Waals surface area contributed by atoms with E-state index in [1.807, 2.05) is 28.8 Å². The number of carbonyl (C=O) groups excluding carboxylic acids is 1. The minimum Gasteiger partial charge on any atom is -0.352 e. The predicted octanol–water partition coefficient (Wildman–Crippen LogP) is 3.53. The number of nitro benzene ring substituents is 1. The summed E-state index contributed by atoms with van der Waals surface area (Å²) in [5.74, 6) is -0.328. The third-order valence-electron chi connectivity index (χ3n) is 3.79. The van der Waals surface area contributed by atoms with Gasteiger partial charge in [0.2, 0.25) is 0 Å². The molecule has 1 N–H and O–H groups in total. The summed E-state index contributed by atoms with van der Waals surface area (Å²) in [5.41, 5.74) is 2.13. The molecule has 0 fully saturated rings. The van der Waals surface area contributed by atoms with Crippen LogP contribution in [0.4, 0.5) is 5.69 Å². The van der Waals surface area contributed by atoms with Gasteiger partial charge in [-0.3, -0.25) is 14.9 Å². The molecule has 1 heterocycles. The summed E-state index contributed by atoms with van der Waals surface area (Å²) < 4.78 is 2.38. The van der Waals surface area contributed by atoms with Crippen LogP contribution in [0.15, 0.2) is 53.3 Å². The first-order chi connectivity index (χ1) is 12.1. The van der Waals surface area contributed by atoms with Gasteiger partial charge in [0.15, 0.2) is 0 Å². The van der Waals surface area contributed by atoms with Crippen LogP contribution in [-0.2, 0) is 6.54 Å². The number of aryl methyl sites for hydroxylation is 1. The molecule has 8 heteroatoms. The van der Waals surface area contributed by atoms with Crippen molar-refractivity contribution in [3.63, 3.8) is 0 Å². The molecular formula is C17H15BrN4O3. The number of amides is 1. The highest BCUT2D eigenvalue weighted by Gasteiger charge is 2.15. The van der Waals surface area contributed by atoms with Crippen LogP contribution in [0, 0.1) is 10.1 Å². The van der Waals surface area contributed by atoms with E-state index in [0.29, 0.717) is 11.0 Å². The number of fused-ring (bicyclic) bond motifs is 1. The van der Waals surface area contributed by atoms with Crippen molar-refractivity contribution in [1.82, 2.24) is 14.9 Å². The number of halogens is 1. The highest BCUT2D eigenvalue weighted by Crippen LogP contribution is 2.25. The molecule has 1 amide bonds. The van der Waals surface area contributed by atoms with Gasteiger partial charge in [0.1, 0.15) is 0 Å². The molecule has 0 bridgehead atoms.